The number of aryl methyl sites for hydroxylation is 1. The second kappa shape index (κ2) is 7.21. The van der Waals surface area contributed by atoms with E-state index in [2.05, 4.69) is 10.3 Å². The minimum Gasteiger partial charge on any atom is -0.478 e. The third kappa shape index (κ3) is 3.82. The van der Waals surface area contributed by atoms with Crippen LogP contribution in [-0.2, 0) is 6.42 Å². The van der Waals surface area contributed by atoms with Crippen molar-refractivity contribution >= 4 is 17.6 Å². The van der Waals surface area contributed by atoms with E-state index >= 15 is 0 Å². The highest BCUT2D eigenvalue weighted by molar-refractivity contribution is 6.01. The van der Waals surface area contributed by atoms with Gasteiger partial charge in [-0.3, -0.25) is 0 Å². The van der Waals surface area contributed by atoms with Gasteiger partial charge in [0.25, 0.3) is 0 Å². The number of hydrogen-bond acceptors (Lipinski definition) is 4. The van der Waals surface area contributed by atoms with E-state index < -0.39 is 11.9 Å². The fourth-order valence-corrected chi connectivity index (χ4v) is 2.13. The minimum absolute atomic E-state index is 0.0514. The summed E-state index contributed by atoms with van der Waals surface area (Å²) in [5, 5.41) is 21.1. The Morgan fingerprint density at radius 2 is 1.77 bits per heavy atom. The highest BCUT2D eigenvalue weighted by Crippen LogP contribution is 2.19. The van der Waals surface area contributed by atoms with Gasteiger partial charge in [0.2, 0.25) is 0 Å². The van der Waals surface area contributed by atoms with Crippen LogP contribution in [0.5, 0.6) is 0 Å². The molecule has 0 radical (unpaired) electrons. The second-order valence-electron chi connectivity index (χ2n) is 4.71. The number of anilines is 1. The van der Waals surface area contributed by atoms with E-state index in [9.17, 15) is 9.59 Å². The normalized spacial score (nSPS) is 10.2. The van der Waals surface area contributed by atoms with Crippen LogP contribution >= 0.6 is 0 Å². The van der Waals surface area contributed by atoms with Gasteiger partial charge >= 0.3 is 11.9 Å². The average Bonchev–Trinajstić information content (AvgIpc) is 2.52. The van der Waals surface area contributed by atoms with Gasteiger partial charge in [0.05, 0.1) is 11.3 Å². The number of nitrogens with zero attached hydrogens (tertiary/aromatic N) is 1. The summed E-state index contributed by atoms with van der Waals surface area (Å²) in [6.45, 7) is 0.459. The largest absolute Gasteiger partial charge is 0.478 e. The summed E-state index contributed by atoms with van der Waals surface area (Å²) in [5.74, 6) is -2.44. The Morgan fingerprint density at radius 3 is 2.41 bits per heavy atom. The highest BCUT2D eigenvalue weighted by Gasteiger charge is 2.19. The number of carboxylic acids is 2. The van der Waals surface area contributed by atoms with Gasteiger partial charge in [-0.1, -0.05) is 30.3 Å². The van der Waals surface area contributed by atoms with Crippen molar-refractivity contribution in [3.8, 4) is 0 Å². The number of pyridine rings is 1. The molecule has 2 aromatic rings. The molecule has 22 heavy (non-hydrogen) atoms. The Kier molecular flexibility index (Phi) is 5.08. The third-order valence-corrected chi connectivity index (χ3v) is 3.17. The van der Waals surface area contributed by atoms with Crippen LogP contribution in [0.4, 0.5) is 5.69 Å². The van der Waals surface area contributed by atoms with E-state index in [1.807, 2.05) is 30.3 Å². The maximum Gasteiger partial charge on any atom is 0.356 e. The van der Waals surface area contributed by atoms with Gasteiger partial charge < -0.3 is 15.5 Å². The van der Waals surface area contributed by atoms with Crippen LogP contribution in [0.1, 0.15) is 32.8 Å². The summed E-state index contributed by atoms with van der Waals surface area (Å²) < 4.78 is 0. The number of rotatable bonds is 7. The van der Waals surface area contributed by atoms with Gasteiger partial charge in [-0.2, -0.15) is 0 Å². The molecule has 6 nitrogen and oxygen atoms in total. The number of nitrogens with one attached hydrogen (secondary N) is 1. The fraction of sp³-hybridized carbons (Fsp3) is 0.188. The number of hydrogen-bond donors (Lipinski definition) is 3. The molecule has 0 spiro atoms. The Bertz CT molecular complexity index is 639. The van der Waals surface area contributed by atoms with Crippen molar-refractivity contribution in [1.29, 1.82) is 0 Å². The first kappa shape index (κ1) is 15.5. The topological polar surface area (TPSA) is 99.5 Å². The van der Waals surface area contributed by atoms with E-state index in [0.29, 0.717) is 6.54 Å². The lowest BCUT2D eigenvalue weighted by Gasteiger charge is -2.11. The lowest BCUT2D eigenvalue weighted by molar-refractivity contribution is 0.0691. The van der Waals surface area contributed by atoms with Gasteiger partial charge in [0, 0.05) is 12.7 Å². The van der Waals surface area contributed by atoms with E-state index in [-0.39, 0.29) is 16.9 Å². The second-order valence-corrected chi connectivity index (χ2v) is 4.71. The first-order valence-corrected chi connectivity index (χ1v) is 6.83. The summed E-state index contributed by atoms with van der Waals surface area (Å²) in [6.07, 6.45) is 2.75. The van der Waals surface area contributed by atoms with Crippen LogP contribution in [0.25, 0.3) is 0 Å². The predicted molar refractivity (Wildman–Crippen MR) is 81.4 cm³/mol. The molecule has 1 heterocycles. The van der Waals surface area contributed by atoms with Crippen molar-refractivity contribution in [2.24, 2.45) is 0 Å². The Balaban J connectivity index is 2.05. The number of carbonyl (C=O) groups is 2. The minimum atomic E-state index is -1.26. The summed E-state index contributed by atoms with van der Waals surface area (Å²) in [4.78, 5) is 26.1. The Hall–Kier alpha value is -2.89. The third-order valence-electron chi connectivity index (χ3n) is 3.17. The Morgan fingerprint density at radius 1 is 1.05 bits per heavy atom. The van der Waals surface area contributed by atoms with E-state index in [4.69, 9.17) is 10.2 Å². The van der Waals surface area contributed by atoms with Crippen LogP contribution in [-0.4, -0.2) is 33.7 Å². The molecule has 0 unspecified atom stereocenters. The average molecular weight is 300 g/mol. The Labute approximate surface area is 127 Å². The lowest BCUT2D eigenvalue weighted by atomic mass is 10.1. The number of aromatic nitrogens is 1. The van der Waals surface area contributed by atoms with Gasteiger partial charge in [-0.15, -0.1) is 0 Å². The monoisotopic (exact) mass is 300 g/mol. The molecule has 6 heteroatoms. The van der Waals surface area contributed by atoms with Crippen molar-refractivity contribution in [2.45, 2.75) is 12.8 Å². The molecule has 0 atom stereocenters. The predicted octanol–water partition coefficient (Wildman–Crippen LogP) is 2.52. The molecule has 0 fully saturated rings. The first-order valence-electron chi connectivity index (χ1n) is 6.83. The maximum atomic E-state index is 11.2. The number of aromatic carboxylic acids is 2. The van der Waals surface area contributed by atoms with Crippen molar-refractivity contribution < 1.29 is 19.8 Å². The molecular formula is C16H16N2O4. The van der Waals surface area contributed by atoms with Crippen molar-refractivity contribution in [3.05, 3.63) is 59.4 Å². The van der Waals surface area contributed by atoms with Crippen molar-refractivity contribution in [3.63, 3.8) is 0 Å². The standard InChI is InChI=1S/C16H16N2O4/c19-15(20)12-8-10-18-14(16(21)22)13(12)17-9-4-7-11-5-2-1-3-6-11/h1-3,5-6,8,10,17H,4,7,9H2,(H,19,20)(H,21,22). The van der Waals surface area contributed by atoms with Crippen LogP contribution < -0.4 is 5.32 Å². The number of benzene rings is 1. The summed E-state index contributed by atoms with van der Waals surface area (Å²) in [6, 6.07) is 11.2. The van der Waals surface area contributed by atoms with E-state index in [1.165, 1.54) is 17.8 Å². The van der Waals surface area contributed by atoms with Crippen LogP contribution in [0.3, 0.4) is 0 Å². The van der Waals surface area contributed by atoms with Gasteiger partial charge in [-0.25, -0.2) is 14.6 Å². The summed E-state index contributed by atoms with van der Waals surface area (Å²) in [7, 11) is 0. The molecule has 0 amide bonds. The quantitative estimate of drug-likeness (QED) is 0.679. The van der Waals surface area contributed by atoms with Crippen molar-refractivity contribution in [2.75, 3.05) is 11.9 Å². The van der Waals surface area contributed by atoms with Crippen LogP contribution in [0.2, 0.25) is 0 Å². The molecule has 0 aliphatic rings. The molecule has 1 aromatic carbocycles. The molecule has 114 valence electrons. The first-order chi connectivity index (χ1) is 10.6. The molecule has 2 rings (SSSR count). The summed E-state index contributed by atoms with van der Waals surface area (Å²) in [5.41, 5.74) is 0.856. The molecule has 0 saturated carbocycles. The SMILES string of the molecule is O=C(O)c1ccnc(C(=O)O)c1NCCCc1ccccc1. The maximum absolute atomic E-state index is 11.2. The van der Waals surface area contributed by atoms with E-state index in [0.717, 1.165) is 12.8 Å². The van der Waals surface area contributed by atoms with Gasteiger partial charge in [-0.05, 0) is 24.5 Å². The molecule has 0 bridgehead atoms. The lowest BCUT2D eigenvalue weighted by Crippen LogP contribution is -2.14. The van der Waals surface area contributed by atoms with Gasteiger partial charge in [0.15, 0.2) is 5.69 Å². The molecule has 0 saturated heterocycles. The zero-order valence-corrected chi connectivity index (χ0v) is 11.8. The zero-order chi connectivity index (χ0) is 15.9. The molecule has 3 N–H and O–H groups in total. The van der Waals surface area contributed by atoms with E-state index in [1.54, 1.807) is 0 Å². The summed E-state index contributed by atoms with van der Waals surface area (Å²) >= 11 is 0. The molecular weight excluding hydrogens is 284 g/mol. The smallest absolute Gasteiger partial charge is 0.356 e. The molecule has 0 aliphatic heterocycles. The van der Waals surface area contributed by atoms with Gasteiger partial charge in [0.1, 0.15) is 0 Å². The van der Waals surface area contributed by atoms with Crippen LogP contribution in [0.15, 0.2) is 42.6 Å². The van der Waals surface area contributed by atoms with Crippen LogP contribution in [0, 0.1) is 0 Å². The molecule has 0 aliphatic carbocycles. The number of carboxylic acid groups (broad SMARTS) is 2. The molecule has 1 aromatic heterocycles. The fourth-order valence-electron chi connectivity index (χ4n) is 2.13. The van der Waals surface area contributed by atoms with Crippen molar-refractivity contribution in [1.82, 2.24) is 4.98 Å². The highest BCUT2D eigenvalue weighted by atomic mass is 16.4. The zero-order valence-electron chi connectivity index (χ0n) is 11.8.